The highest BCUT2D eigenvalue weighted by Gasteiger charge is 2.25. The molecule has 0 aliphatic carbocycles. The monoisotopic (exact) mass is 292 g/mol. The van der Waals surface area contributed by atoms with Crippen molar-refractivity contribution in [2.45, 2.75) is 13.5 Å². The van der Waals surface area contributed by atoms with Gasteiger partial charge in [0.2, 0.25) is 5.75 Å². The van der Waals surface area contributed by atoms with E-state index in [2.05, 4.69) is 10.1 Å². The Hall–Kier alpha value is -2.97. The Kier molecular flexibility index (Phi) is 3.83. The van der Waals surface area contributed by atoms with E-state index in [0.717, 1.165) is 6.07 Å². The van der Waals surface area contributed by atoms with E-state index in [4.69, 9.17) is 9.84 Å². The van der Waals surface area contributed by atoms with Crippen LogP contribution in [0.2, 0.25) is 0 Å². The number of benzene rings is 1. The number of ether oxygens (including phenoxy) is 1. The van der Waals surface area contributed by atoms with Gasteiger partial charge in [-0.1, -0.05) is 0 Å². The fraction of sp³-hybridized carbons (Fsp3) is 0.250. The van der Waals surface area contributed by atoms with Crippen molar-refractivity contribution >= 4 is 11.7 Å². The number of nitro benzene ring substituents is 1. The smallest absolute Gasteiger partial charge is 0.335 e. The van der Waals surface area contributed by atoms with E-state index >= 15 is 0 Å². The van der Waals surface area contributed by atoms with Crippen molar-refractivity contribution in [3.63, 3.8) is 0 Å². The number of carbonyl (C=O) groups is 1. The van der Waals surface area contributed by atoms with Gasteiger partial charge in [-0.3, -0.25) is 14.8 Å². The molecule has 9 heteroatoms. The first-order chi connectivity index (χ1) is 9.97. The first-order valence-electron chi connectivity index (χ1n) is 5.97. The molecule has 0 saturated heterocycles. The third-order valence-corrected chi connectivity index (χ3v) is 2.82. The van der Waals surface area contributed by atoms with Crippen molar-refractivity contribution in [2.24, 2.45) is 0 Å². The van der Waals surface area contributed by atoms with Gasteiger partial charge in [0.05, 0.1) is 23.2 Å². The molecule has 1 N–H and O–H groups in total. The summed E-state index contributed by atoms with van der Waals surface area (Å²) in [5.74, 6) is -1.18. The molecule has 0 aliphatic rings. The number of nitrogens with zero attached hydrogens (tertiary/aromatic N) is 4. The maximum absolute atomic E-state index is 11.1. The summed E-state index contributed by atoms with van der Waals surface area (Å²) < 4.78 is 6.57. The first-order valence-corrected chi connectivity index (χ1v) is 5.97. The first kappa shape index (κ1) is 14.4. The van der Waals surface area contributed by atoms with Crippen LogP contribution in [0.15, 0.2) is 18.5 Å². The maximum atomic E-state index is 11.1. The third kappa shape index (κ3) is 2.66. The lowest BCUT2D eigenvalue weighted by Crippen LogP contribution is -2.03. The predicted octanol–water partition coefficient (Wildman–Crippen LogP) is 1.58. The van der Waals surface area contributed by atoms with Gasteiger partial charge in [0.25, 0.3) is 0 Å². The van der Waals surface area contributed by atoms with Gasteiger partial charge in [0.15, 0.2) is 5.82 Å². The van der Waals surface area contributed by atoms with Gasteiger partial charge < -0.3 is 9.84 Å². The number of hydrogen-bond donors (Lipinski definition) is 1. The highest BCUT2D eigenvalue weighted by molar-refractivity contribution is 5.92. The average molecular weight is 292 g/mol. The zero-order chi connectivity index (χ0) is 15.6. The van der Waals surface area contributed by atoms with Crippen LogP contribution in [-0.4, -0.2) is 37.9 Å². The molecule has 0 unspecified atom stereocenters. The number of rotatable bonds is 5. The van der Waals surface area contributed by atoms with Crippen LogP contribution < -0.4 is 4.74 Å². The van der Waals surface area contributed by atoms with Crippen LogP contribution in [0.25, 0.3) is 11.4 Å². The molecular formula is C12H12N4O5. The number of hydrogen-bond acceptors (Lipinski definition) is 6. The topological polar surface area (TPSA) is 120 Å². The lowest BCUT2D eigenvalue weighted by Gasteiger charge is -2.07. The molecule has 9 nitrogen and oxygen atoms in total. The second kappa shape index (κ2) is 5.57. The Morgan fingerprint density at radius 3 is 2.71 bits per heavy atom. The summed E-state index contributed by atoms with van der Waals surface area (Å²) in [6.07, 6.45) is 1.45. The number of aryl methyl sites for hydroxylation is 1. The molecule has 1 aromatic carbocycles. The fourth-order valence-corrected chi connectivity index (χ4v) is 1.82. The highest BCUT2D eigenvalue weighted by atomic mass is 16.6. The van der Waals surface area contributed by atoms with Crippen LogP contribution in [0, 0.1) is 10.1 Å². The van der Waals surface area contributed by atoms with Gasteiger partial charge in [-0.05, 0) is 13.0 Å². The van der Waals surface area contributed by atoms with Gasteiger partial charge in [0.1, 0.15) is 6.33 Å². The molecule has 0 aliphatic heterocycles. The Morgan fingerprint density at radius 1 is 1.52 bits per heavy atom. The number of nitro groups is 1. The normalized spacial score (nSPS) is 10.4. The molecule has 0 amide bonds. The van der Waals surface area contributed by atoms with Crippen LogP contribution in [-0.2, 0) is 6.54 Å². The molecule has 0 atom stereocenters. The summed E-state index contributed by atoms with van der Waals surface area (Å²) in [5.41, 5.74) is -0.512. The molecule has 110 valence electrons. The number of aromatic nitrogens is 3. The van der Waals surface area contributed by atoms with E-state index in [0.29, 0.717) is 6.54 Å². The molecule has 0 fully saturated rings. The number of aromatic carboxylic acids is 1. The van der Waals surface area contributed by atoms with Gasteiger partial charge in [0, 0.05) is 12.6 Å². The van der Waals surface area contributed by atoms with Crippen LogP contribution in [0.4, 0.5) is 5.69 Å². The predicted molar refractivity (Wildman–Crippen MR) is 71.3 cm³/mol. The molecule has 2 rings (SSSR count). The van der Waals surface area contributed by atoms with Crippen molar-refractivity contribution < 1.29 is 19.6 Å². The SMILES string of the molecule is CCn1cnc(-c2cc(C(=O)O)cc([N+](=O)[O-])c2OC)n1. The van der Waals surface area contributed by atoms with Crippen LogP contribution in [0.3, 0.4) is 0 Å². The Balaban J connectivity index is 2.72. The minimum Gasteiger partial charge on any atom is -0.490 e. The van der Waals surface area contributed by atoms with E-state index < -0.39 is 16.6 Å². The van der Waals surface area contributed by atoms with Crippen LogP contribution in [0.1, 0.15) is 17.3 Å². The quantitative estimate of drug-likeness (QED) is 0.655. The lowest BCUT2D eigenvalue weighted by atomic mass is 10.1. The van der Waals surface area contributed by atoms with E-state index in [9.17, 15) is 14.9 Å². The van der Waals surface area contributed by atoms with Crippen molar-refractivity contribution in [1.29, 1.82) is 0 Å². The zero-order valence-electron chi connectivity index (χ0n) is 11.3. The maximum Gasteiger partial charge on any atom is 0.335 e. The van der Waals surface area contributed by atoms with E-state index in [1.807, 2.05) is 6.92 Å². The summed E-state index contributed by atoms with van der Waals surface area (Å²) in [6.45, 7) is 2.42. The van der Waals surface area contributed by atoms with E-state index in [-0.39, 0.29) is 22.7 Å². The summed E-state index contributed by atoms with van der Waals surface area (Å²) in [6, 6.07) is 2.20. The van der Waals surface area contributed by atoms with Gasteiger partial charge >= 0.3 is 11.7 Å². The summed E-state index contributed by atoms with van der Waals surface area (Å²) in [4.78, 5) is 25.5. The summed E-state index contributed by atoms with van der Waals surface area (Å²) in [5, 5.41) is 24.3. The number of methoxy groups -OCH3 is 1. The van der Waals surface area contributed by atoms with Crippen molar-refractivity contribution in [3.8, 4) is 17.1 Å². The molecule has 21 heavy (non-hydrogen) atoms. The molecule has 1 heterocycles. The highest BCUT2D eigenvalue weighted by Crippen LogP contribution is 2.37. The lowest BCUT2D eigenvalue weighted by molar-refractivity contribution is -0.385. The molecular weight excluding hydrogens is 280 g/mol. The molecule has 0 bridgehead atoms. The van der Waals surface area contributed by atoms with Gasteiger partial charge in [-0.25, -0.2) is 9.78 Å². The largest absolute Gasteiger partial charge is 0.490 e. The summed E-state index contributed by atoms with van der Waals surface area (Å²) >= 11 is 0. The van der Waals surface area contributed by atoms with Crippen LogP contribution >= 0.6 is 0 Å². The minimum atomic E-state index is -1.28. The molecule has 2 aromatic rings. The Bertz CT molecular complexity index is 710. The second-order valence-electron chi connectivity index (χ2n) is 4.06. The molecule has 1 aromatic heterocycles. The molecule has 0 radical (unpaired) electrons. The molecule has 0 spiro atoms. The second-order valence-corrected chi connectivity index (χ2v) is 4.06. The molecule has 0 saturated carbocycles. The third-order valence-electron chi connectivity index (χ3n) is 2.82. The Morgan fingerprint density at radius 2 is 2.24 bits per heavy atom. The number of carboxylic acid groups (broad SMARTS) is 1. The van der Waals surface area contributed by atoms with Crippen molar-refractivity contribution in [2.75, 3.05) is 7.11 Å². The van der Waals surface area contributed by atoms with Gasteiger partial charge in [-0.2, -0.15) is 5.10 Å². The van der Waals surface area contributed by atoms with Crippen molar-refractivity contribution in [1.82, 2.24) is 14.8 Å². The van der Waals surface area contributed by atoms with Crippen molar-refractivity contribution in [3.05, 3.63) is 34.1 Å². The minimum absolute atomic E-state index is 0.0705. The van der Waals surface area contributed by atoms with Gasteiger partial charge in [-0.15, -0.1) is 0 Å². The van der Waals surface area contributed by atoms with Crippen LogP contribution in [0.5, 0.6) is 5.75 Å². The average Bonchev–Trinajstić information content (AvgIpc) is 2.94. The Labute approximate surface area is 118 Å². The zero-order valence-corrected chi connectivity index (χ0v) is 11.3. The standard InChI is InChI=1S/C12H12N4O5/c1-3-15-6-13-11(14-15)8-4-7(12(17)18)5-9(16(19)20)10(8)21-2/h4-6H,3H2,1-2H3,(H,17,18). The number of carboxylic acids is 1. The summed E-state index contributed by atoms with van der Waals surface area (Å²) in [7, 11) is 1.27. The fourth-order valence-electron chi connectivity index (χ4n) is 1.82. The van der Waals surface area contributed by atoms with E-state index in [1.54, 1.807) is 0 Å². The van der Waals surface area contributed by atoms with E-state index in [1.165, 1.54) is 24.2 Å².